The molecule has 0 aliphatic carbocycles. The van der Waals surface area contributed by atoms with Crippen LogP contribution in [0.5, 0.6) is 0 Å². The van der Waals surface area contributed by atoms with Crippen molar-refractivity contribution in [1.82, 2.24) is 15.1 Å². The number of likely N-dealkylation sites (tertiary alicyclic amines) is 2. The van der Waals surface area contributed by atoms with Crippen molar-refractivity contribution in [2.75, 3.05) is 39.3 Å². The van der Waals surface area contributed by atoms with E-state index in [4.69, 9.17) is 0 Å². The Kier molecular flexibility index (Phi) is 5.77. The number of hydrogen-bond donors (Lipinski definition) is 1. The fourth-order valence-electron chi connectivity index (χ4n) is 3.92. The first kappa shape index (κ1) is 17.3. The Morgan fingerprint density at radius 1 is 1.17 bits per heavy atom. The fourth-order valence-corrected chi connectivity index (χ4v) is 3.92. The maximum Gasteiger partial charge on any atom is 0.317 e. The zero-order chi connectivity index (χ0) is 16.9. The summed E-state index contributed by atoms with van der Waals surface area (Å²) < 4.78 is 0. The summed E-state index contributed by atoms with van der Waals surface area (Å²) in [6.07, 6.45) is 2.29. The molecule has 1 aromatic rings. The van der Waals surface area contributed by atoms with Crippen LogP contribution in [0.15, 0.2) is 30.3 Å². The second kappa shape index (κ2) is 8.02. The summed E-state index contributed by atoms with van der Waals surface area (Å²) in [6, 6.07) is 10.7. The van der Waals surface area contributed by atoms with Crippen molar-refractivity contribution in [3.63, 3.8) is 0 Å². The standard InChI is InChI=1S/C20H31N3O/c1-16(2)12-22-9-8-18(13-22)11-21-20(24)23-14-19(15-23)10-17-6-4-3-5-7-17/h3-7,16,18-19H,8-15H2,1-2H3,(H,21,24)/t18-/m1/s1. The Labute approximate surface area is 146 Å². The normalized spacial score (nSPS) is 22.0. The fraction of sp³-hybridized carbons (Fsp3) is 0.650. The number of nitrogens with zero attached hydrogens (tertiary/aromatic N) is 2. The smallest absolute Gasteiger partial charge is 0.317 e. The lowest BCUT2D eigenvalue weighted by Crippen LogP contribution is -2.54. The van der Waals surface area contributed by atoms with Gasteiger partial charge in [-0.3, -0.25) is 0 Å². The van der Waals surface area contributed by atoms with Gasteiger partial charge in [-0.1, -0.05) is 44.2 Å². The van der Waals surface area contributed by atoms with E-state index in [0.29, 0.717) is 11.8 Å². The molecule has 4 nitrogen and oxygen atoms in total. The first-order valence-electron chi connectivity index (χ1n) is 9.39. The van der Waals surface area contributed by atoms with Gasteiger partial charge in [0.25, 0.3) is 0 Å². The summed E-state index contributed by atoms with van der Waals surface area (Å²) >= 11 is 0. The second-order valence-electron chi connectivity index (χ2n) is 7.95. The van der Waals surface area contributed by atoms with E-state index >= 15 is 0 Å². The Hall–Kier alpha value is -1.55. The average Bonchev–Trinajstić information content (AvgIpc) is 2.96. The van der Waals surface area contributed by atoms with Gasteiger partial charge in [0, 0.05) is 32.7 Å². The monoisotopic (exact) mass is 329 g/mol. The van der Waals surface area contributed by atoms with Gasteiger partial charge in [-0.15, -0.1) is 0 Å². The highest BCUT2D eigenvalue weighted by Crippen LogP contribution is 2.21. The number of carbonyl (C=O) groups excluding carboxylic acids is 1. The minimum Gasteiger partial charge on any atom is -0.338 e. The van der Waals surface area contributed by atoms with Gasteiger partial charge in [-0.2, -0.15) is 0 Å². The topological polar surface area (TPSA) is 35.6 Å². The number of hydrogen-bond acceptors (Lipinski definition) is 2. The average molecular weight is 329 g/mol. The zero-order valence-corrected chi connectivity index (χ0v) is 15.1. The summed E-state index contributed by atoms with van der Waals surface area (Å²) in [6.45, 7) is 10.6. The van der Waals surface area contributed by atoms with Crippen LogP contribution in [0, 0.1) is 17.8 Å². The van der Waals surface area contributed by atoms with Crippen molar-refractivity contribution in [2.24, 2.45) is 17.8 Å². The lowest BCUT2D eigenvalue weighted by molar-refractivity contribution is 0.119. The lowest BCUT2D eigenvalue weighted by atomic mass is 9.92. The van der Waals surface area contributed by atoms with E-state index in [2.05, 4.69) is 54.4 Å². The lowest BCUT2D eigenvalue weighted by Gasteiger charge is -2.39. The first-order chi connectivity index (χ1) is 11.6. The Bertz CT molecular complexity index is 525. The van der Waals surface area contributed by atoms with Crippen LogP contribution in [0.25, 0.3) is 0 Å². The van der Waals surface area contributed by atoms with E-state index in [-0.39, 0.29) is 6.03 Å². The number of carbonyl (C=O) groups is 1. The molecule has 2 heterocycles. The van der Waals surface area contributed by atoms with Crippen LogP contribution in [0.2, 0.25) is 0 Å². The molecule has 0 radical (unpaired) electrons. The van der Waals surface area contributed by atoms with Gasteiger partial charge in [0.1, 0.15) is 0 Å². The second-order valence-corrected chi connectivity index (χ2v) is 7.95. The Balaban J connectivity index is 1.31. The summed E-state index contributed by atoms with van der Waals surface area (Å²) in [5.41, 5.74) is 1.37. The van der Waals surface area contributed by atoms with Crippen molar-refractivity contribution in [2.45, 2.75) is 26.7 Å². The molecule has 1 aromatic carbocycles. The molecule has 2 aliphatic rings. The number of rotatable bonds is 6. The van der Waals surface area contributed by atoms with Gasteiger partial charge in [0.2, 0.25) is 0 Å². The molecular formula is C20H31N3O. The highest BCUT2D eigenvalue weighted by atomic mass is 16.2. The molecule has 1 N–H and O–H groups in total. The molecule has 3 rings (SSSR count). The van der Waals surface area contributed by atoms with Crippen LogP contribution in [0.1, 0.15) is 25.8 Å². The molecule has 2 fully saturated rings. The molecule has 24 heavy (non-hydrogen) atoms. The van der Waals surface area contributed by atoms with Crippen molar-refractivity contribution < 1.29 is 4.79 Å². The molecule has 0 spiro atoms. The number of benzene rings is 1. The van der Waals surface area contributed by atoms with Gasteiger partial charge in [0.15, 0.2) is 0 Å². The summed E-state index contributed by atoms with van der Waals surface area (Å²) in [5, 5.41) is 3.15. The number of urea groups is 1. The van der Waals surface area contributed by atoms with Crippen molar-refractivity contribution >= 4 is 6.03 Å². The molecule has 132 valence electrons. The third kappa shape index (κ3) is 4.73. The van der Waals surface area contributed by atoms with Crippen molar-refractivity contribution in [3.05, 3.63) is 35.9 Å². The van der Waals surface area contributed by atoms with E-state index in [1.165, 1.54) is 25.1 Å². The summed E-state index contributed by atoms with van der Waals surface area (Å²) in [5.74, 6) is 1.96. The summed E-state index contributed by atoms with van der Waals surface area (Å²) in [4.78, 5) is 16.7. The Morgan fingerprint density at radius 2 is 1.92 bits per heavy atom. The maximum absolute atomic E-state index is 12.2. The molecular weight excluding hydrogens is 298 g/mol. The molecule has 4 heteroatoms. The van der Waals surface area contributed by atoms with Crippen molar-refractivity contribution in [3.8, 4) is 0 Å². The summed E-state index contributed by atoms with van der Waals surface area (Å²) in [7, 11) is 0. The Morgan fingerprint density at radius 3 is 2.62 bits per heavy atom. The third-order valence-corrected chi connectivity index (χ3v) is 5.15. The largest absolute Gasteiger partial charge is 0.338 e. The van der Waals surface area contributed by atoms with Gasteiger partial charge < -0.3 is 15.1 Å². The molecule has 0 bridgehead atoms. The minimum absolute atomic E-state index is 0.127. The third-order valence-electron chi connectivity index (χ3n) is 5.15. The molecule has 2 amide bonds. The van der Waals surface area contributed by atoms with Crippen molar-refractivity contribution in [1.29, 1.82) is 0 Å². The quantitative estimate of drug-likeness (QED) is 0.871. The highest BCUT2D eigenvalue weighted by molar-refractivity contribution is 5.75. The molecule has 2 aliphatic heterocycles. The minimum atomic E-state index is 0.127. The molecule has 2 saturated heterocycles. The van der Waals surface area contributed by atoms with E-state index < -0.39 is 0 Å². The molecule has 1 atom stereocenters. The van der Waals surface area contributed by atoms with Crippen LogP contribution in [-0.2, 0) is 6.42 Å². The SMILES string of the molecule is CC(C)CN1CC[C@H](CNC(=O)N2CC(Cc3ccccc3)C2)C1. The van der Waals surface area contributed by atoms with Crippen LogP contribution in [-0.4, -0.2) is 55.1 Å². The number of nitrogens with one attached hydrogen (secondary N) is 1. The van der Waals surface area contributed by atoms with E-state index in [1.54, 1.807) is 0 Å². The van der Waals surface area contributed by atoms with Crippen LogP contribution in [0.4, 0.5) is 4.79 Å². The first-order valence-corrected chi connectivity index (χ1v) is 9.39. The zero-order valence-electron chi connectivity index (χ0n) is 15.1. The molecule has 0 aromatic heterocycles. The molecule has 0 saturated carbocycles. The van der Waals surface area contributed by atoms with E-state index in [1.807, 2.05) is 4.90 Å². The van der Waals surface area contributed by atoms with Gasteiger partial charge in [0.05, 0.1) is 0 Å². The van der Waals surface area contributed by atoms with E-state index in [0.717, 1.165) is 38.5 Å². The van der Waals surface area contributed by atoms with Gasteiger partial charge >= 0.3 is 6.03 Å². The van der Waals surface area contributed by atoms with Crippen LogP contribution in [0.3, 0.4) is 0 Å². The highest BCUT2D eigenvalue weighted by Gasteiger charge is 2.31. The van der Waals surface area contributed by atoms with Crippen LogP contribution >= 0.6 is 0 Å². The van der Waals surface area contributed by atoms with Gasteiger partial charge in [-0.25, -0.2) is 4.79 Å². The predicted molar refractivity (Wildman–Crippen MR) is 98.0 cm³/mol. The maximum atomic E-state index is 12.2. The van der Waals surface area contributed by atoms with Gasteiger partial charge in [-0.05, 0) is 42.7 Å². The molecule has 0 unspecified atom stereocenters. The van der Waals surface area contributed by atoms with Crippen LogP contribution < -0.4 is 5.32 Å². The number of amides is 2. The predicted octanol–water partition coefficient (Wildman–Crippen LogP) is 2.85. The van der Waals surface area contributed by atoms with E-state index in [9.17, 15) is 4.79 Å².